The monoisotopic (exact) mass is 350 g/mol. The van der Waals surface area contributed by atoms with E-state index in [0.717, 1.165) is 16.8 Å². The first-order valence-electron chi connectivity index (χ1n) is 7.98. The van der Waals surface area contributed by atoms with Crippen LogP contribution in [0.15, 0.2) is 65.7 Å². The van der Waals surface area contributed by atoms with Gasteiger partial charge in [0.05, 0.1) is 23.7 Å². The van der Waals surface area contributed by atoms with E-state index in [-0.39, 0.29) is 12.4 Å². The third kappa shape index (κ3) is 3.32. The number of hydrogen-bond acceptors (Lipinski definition) is 5. The molecule has 0 saturated heterocycles. The van der Waals surface area contributed by atoms with E-state index >= 15 is 0 Å². The van der Waals surface area contributed by atoms with Crippen molar-refractivity contribution in [3.8, 4) is 22.8 Å². The van der Waals surface area contributed by atoms with Crippen LogP contribution >= 0.6 is 0 Å². The lowest BCUT2D eigenvalue weighted by Gasteiger charge is -2.08. The first-order chi connectivity index (χ1) is 12.7. The molecule has 4 aromatic rings. The Morgan fingerprint density at radius 1 is 1.19 bits per heavy atom. The SMILES string of the molecule is Cc1cncc(-n2nc(-c3ccoc3)nc2COc2cccc(F)c2)c1. The average molecular weight is 350 g/mol. The highest BCUT2D eigenvalue weighted by Crippen LogP contribution is 2.20. The molecule has 0 amide bonds. The third-order valence-corrected chi connectivity index (χ3v) is 3.72. The number of rotatable bonds is 5. The van der Waals surface area contributed by atoms with Crippen molar-refractivity contribution in [3.63, 3.8) is 0 Å². The predicted molar refractivity (Wildman–Crippen MR) is 92.3 cm³/mol. The molecule has 0 radical (unpaired) electrons. The molecule has 7 heteroatoms. The van der Waals surface area contributed by atoms with Crippen LogP contribution in [0.5, 0.6) is 5.75 Å². The van der Waals surface area contributed by atoms with Crippen molar-refractivity contribution in [3.05, 3.63) is 78.5 Å². The predicted octanol–water partition coefficient (Wildman–Crippen LogP) is 3.95. The zero-order valence-corrected chi connectivity index (χ0v) is 14.0. The molecule has 0 spiro atoms. The molecule has 0 aliphatic heterocycles. The van der Waals surface area contributed by atoms with Crippen LogP contribution in [0.3, 0.4) is 0 Å². The fraction of sp³-hybridized carbons (Fsp3) is 0.105. The van der Waals surface area contributed by atoms with Crippen LogP contribution in [0.2, 0.25) is 0 Å². The van der Waals surface area contributed by atoms with Gasteiger partial charge in [0.2, 0.25) is 0 Å². The van der Waals surface area contributed by atoms with Crippen molar-refractivity contribution in [2.45, 2.75) is 13.5 Å². The summed E-state index contributed by atoms with van der Waals surface area (Å²) >= 11 is 0. The Bertz CT molecular complexity index is 1030. The lowest BCUT2D eigenvalue weighted by molar-refractivity contribution is 0.291. The minimum Gasteiger partial charge on any atom is -0.486 e. The van der Waals surface area contributed by atoms with E-state index < -0.39 is 0 Å². The second kappa shape index (κ2) is 6.79. The maximum absolute atomic E-state index is 13.3. The number of pyridine rings is 1. The van der Waals surface area contributed by atoms with Crippen molar-refractivity contribution in [2.24, 2.45) is 0 Å². The van der Waals surface area contributed by atoms with Gasteiger partial charge in [-0.2, -0.15) is 0 Å². The molecule has 6 nitrogen and oxygen atoms in total. The topological polar surface area (TPSA) is 66.0 Å². The molecule has 0 fully saturated rings. The Morgan fingerprint density at radius 2 is 2.12 bits per heavy atom. The summed E-state index contributed by atoms with van der Waals surface area (Å²) in [5.41, 5.74) is 2.53. The molecule has 0 N–H and O–H groups in total. The van der Waals surface area contributed by atoms with Gasteiger partial charge in [0.25, 0.3) is 0 Å². The van der Waals surface area contributed by atoms with E-state index in [4.69, 9.17) is 9.15 Å². The lowest BCUT2D eigenvalue weighted by Crippen LogP contribution is -2.07. The van der Waals surface area contributed by atoms with Gasteiger partial charge in [0.15, 0.2) is 11.6 Å². The molecule has 0 atom stereocenters. The molecule has 0 aliphatic carbocycles. The summed E-state index contributed by atoms with van der Waals surface area (Å²) < 4.78 is 25.8. The van der Waals surface area contributed by atoms with Crippen LogP contribution in [0.1, 0.15) is 11.4 Å². The Morgan fingerprint density at radius 3 is 2.88 bits per heavy atom. The summed E-state index contributed by atoms with van der Waals surface area (Å²) in [6, 6.07) is 9.71. The number of benzene rings is 1. The van der Waals surface area contributed by atoms with E-state index in [1.807, 2.05) is 13.0 Å². The Balaban J connectivity index is 1.69. The summed E-state index contributed by atoms with van der Waals surface area (Å²) in [5, 5.41) is 4.55. The lowest BCUT2D eigenvalue weighted by atomic mass is 10.3. The number of nitrogens with zero attached hydrogens (tertiary/aromatic N) is 4. The van der Waals surface area contributed by atoms with E-state index in [1.54, 1.807) is 47.8 Å². The van der Waals surface area contributed by atoms with Crippen molar-refractivity contribution in [1.82, 2.24) is 19.7 Å². The van der Waals surface area contributed by atoms with Gasteiger partial charge in [-0.1, -0.05) is 6.07 Å². The summed E-state index contributed by atoms with van der Waals surface area (Å²) in [5.74, 6) is 1.15. The second-order valence-corrected chi connectivity index (χ2v) is 5.74. The summed E-state index contributed by atoms with van der Waals surface area (Å²) in [4.78, 5) is 8.75. The molecular formula is C19H15FN4O2. The van der Waals surface area contributed by atoms with E-state index in [0.29, 0.717) is 17.4 Å². The Labute approximate surface area is 148 Å². The molecule has 1 aromatic carbocycles. The first-order valence-corrected chi connectivity index (χ1v) is 7.98. The Hall–Kier alpha value is -3.48. The van der Waals surface area contributed by atoms with E-state index in [2.05, 4.69) is 15.1 Å². The fourth-order valence-electron chi connectivity index (χ4n) is 2.52. The Kier molecular flexibility index (Phi) is 4.18. The van der Waals surface area contributed by atoms with Gasteiger partial charge in [-0.15, -0.1) is 5.10 Å². The zero-order valence-electron chi connectivity index (χ0n) is 14.0. The third-order valence-electron chi connectivity index (χ3n) is 3.72. The van der Waals surface area contributed by atoms with Crippen LogP contribution in [0.25, 0.3) is 17.1 Å². The second-order valence-electron chi connectivity index (χ2n) is 5.74. The average Bonchev–Trinajstić information content (AvgIpc) is 3.30. The minimum absolute atomic E-state index is 0.127. The first kappa shape index (κ1) is 16.0. The highest BCUT2D eigenvalue weighted by Gasteiger charge is 2.15. The molecule has 0 unspecified atom stereocenters. The van der Waals surface area contributed by atoms with Crippen LogP contribution < -0.4 is 4.74 Å². The summed E-state index contributed by atoms with van der Waals surface area (Å²) in [6.45, 7) is 2.08. The standard InChI is InChI=1S/C19H15FN4O2/c1-13-7-16(10-21-9-13)24-18(12-26-17-4-2-3-15(20)8-17)22-19(23-24)14-5-6-25-11-14/h2-11H,12H2,1H3. The van der Waals surface area contributed by atoms with Gasteiger partial charge in [-0.3, -0.25) is 4.98 Å². The molecule has 0 aliphatic rings. The van der Waals surface area contributed by atoms with Crippen LogP contribution in [0, 0.1) is 12.7 Å². The van der Waals surface area contributed by atoms with Crippen LogP contribution in [0.4, 0.5) is 4.39 Å². The van der Waals surface area contributed by atoms with E-state index in [1.165, 1.54) is 12.1 Å². The number of halogens is 1. The molecule has 3 heterocycles. The number of aryl methyl sites for hydroxylation is 1. The number of furan rings is 1. The van der Waals surface area contributed by atoms with Crippen LogP contribution in [-0.2, 0) is 6.61 Å². The van der Waals surface area contributed by atoms with Crippen molar-refractivity contribution >= 4 is 0 Å². The molecule has 4 rings (SSSR count). The molecule has 0 bridgehead atoms. The smallest absolute Gasteiger partial charge is 0.185 e. The van der Waals surface area contributed by atoms with Crippen molar-refractivity contribution < 1.29 is 13.5 Å². The van der Waals surface area contributed by atoms with Gasteiger partial charge in [0.1, 0.15) is 24.4 Å². The highest BCUT2D eigenvalue weighted by atomic mass is 19.1. The molecule has 130 valence electrons. The summed E-state index contributed by atoms with van der Waals surface area (Å²) in [7, 11) is 0. The molecule has 3 aromatic heterocycles. The quantitative estimate of drug-likeness (QED) is 0.545. The zero-order chi connectivity index (χ0) is 17.9. The molecular weight excluding hydrogens is 335 g/mol. The van der Waals surface area contributed by atoms with E-state index in [9.17, 15) is 4.39 Å². The number of aromatic nitrogens is 4. The summed E-state index contributed by atoms with van der Waals surface area (Å²) in [6.07, 6.45) is 6.60. The van der Waals surface area contributed by atoms with Crippen molar-refractivity contribution in [2.75, 3.05) is 0 Å². The fourth-order valence-corrected chi connectivity index (χ4v) is 2.52. The van der Waals surface area contributed by atoms with Gasteiger partial charge in [0, 0.05) is 12.3 Å². The van der Waals surface area contributed by atoms with Gasteiger partial charge in [-0.05, 0) is 36.8 Å². The van der Waals surface area contributed by atoms with Crippen molar-refractivity contribution in [1.29, 1.82) is 0 Å². The normalized spacial score (nSPS) is 10.8. The molecule has 0 saturated carbocycles. The minimum atomic E-state index is -0.356. The highest BCUT2D eigenvalue weighted by molar-refractivity contribution is 5.52. The number of ether oxygens (including phenoxy) is 1. The van der Waals surface area contributed by atoms with Crippen LogP contribution in [-0.4, -0.2) is 19.7 Å². The number of hydrogen-bond donors (Lipinski definition) is 0. The van der Waals surface area contributed by atoms with Gasteiger partial charge >= 0.3 is 0 Å². The van der Waals surface area contributed by atoms with Gasteiger partial charge < -0.3 is 9.15 Å². The maximum Gasteiger partial charge on any atom is 0.185 e. The van der Waals surface area contributed by atoms with Gasteiger partial charge in [-0.25, -0.2) is 14.1 Å². The largest absolute Gasteiger partial charge is 0.486 e. The maximum atomic E-state index is 13.3. The molecule has 26 heavy (non-hydrogen) atoms.